The smallest absolute Gasteiger partial charge is 0.168 e. The van der Waals surface area contributed by atoms with E-state index in [1.807, 2.05) is 16.8 Å². The van der Waals surface area contributed by atoms with Crippen molar-refractivity contribution in [2.75, 3.05) is 44.8 Å². The van der Waals surface area contributed by atoms with Crippen molar-refractivity contribution in [2.45, 2.75) is 44.9 Å². The minimum atomic E-state index is 0.242. The van der Waals surface area contributed by atoms with E-state index in [9.17, 15) is 0 Å². The molecule has 2 atom stereocenters. The summed E-state index contributed by atoms with van der Waals surface area (Å²) in [5, 5.41) is 12.6. The van der Waals surface area contributed by atoms with Crippen molar-refractivity contribution in [1.82, 2.24) is 25.1 Å². The van der Waals surface area contributed by atoms with Crippen LogP contribution < -0.4 is 9.64 Å². The van der Waals surface area contributed by atoms with Crippen LogP contribution in [-0.2, 0) is 11.3 Å². The fourth-order valence-electron chi connectivity index (χ4n) is 4.25. The monoisotopic (exact) mass is 386 g/mol. The third-order valence-corrected chi connectivity index (χ3v) is 5.84. The standard InChI is InChI=1S/C20H30N6O2/c1-3-19(20-21-22-23-26(20)15-18-5-4-14-28-18)25-12-10-24(11-13-25)16-6-8-17(27-2)9-7-16/h6-9,18-19H,3-5,10-15H2,1-2H3/t18-,19-/m0/s1. The van der Waals surface area contributed by atoms with Gasteiger partial charge < -0.3 is 14.4 Å². The van der Waals surface area contributed by atoms with Gasteiger partial charge in [-0.2, -0.15) is 0 Å². The molecule has 1 aromatic carbocycles. The molecule has 0 saturated carbocycles. The number of hydrogen-bond acceptors (Lipinski definition) is 7. The van der Waals surface area contributed by atoms with Gasteiger partial charge in [0.1, 0.15) is 5.75 Å². The summed E-state index contributed by atoms with van der Waals surface area (Å²) in [4.78, 5) is 4.94. The largest absolute Gasteiger partial charge is 0.497 e. The normalized spacial score (nSPS) is 21.8. The number of piperazine rings is 1. The van der Waals surface area contributed by atoms with Crippen LogP contribution in [0.1, 0.15) is 38.1 Å². The number of hydrogen-bond donors (Lipinski definition) is 0. The van der Waals surface area contributed by atoms with E-state index in [0.717, 1.165) is 70.2 Å². The highest BCUT2D eigenvalue weighted by Gasteiger charge is 2.29. The molecule has 8 heteroatoms. The van der Waals surface area contributed by atoms with Crippen LogP contribution in [0, 0.1) is 0 Å². The predicted molar refractivity (Wildman–Crippen MR) is 107 cm³/mol. The first-order valence-corrected chi connectivity index (χ1v) is 10.3. The Labute approximate surface area is 166 Å². The van der Waals surface area contributed by atoms with Crippen LogP contribution in [-0.4, -0.2) is 71.1 Å². The van der Waals surface area contributed by atoms with Gasteiger partial charge in [-0.3, -0.25) is 4.90 Å². The molecule has 0 N–H and O–H groups in total. The topological polar surface area (TPSA) is 68.5 Å². The molecule has 0 amide bonds. The summed E-state index contributed by atoms with van der Waals surface area (Å²) in [5.41, 5.74) is 1.25. The summed E-state index contributed by atoms with van der Waals surface area (Å²) >= 11 is 0. The Hall–Kier alpha value is -2.19. The zero-order chi connectivity index (χ0) is 19.3. The van der Waals surface area contributed by atoms with Crippen LogP contribution in [0.25, 0.3) is 0 Å². The second-order valence-electron chi connectivity index (χ2n) is 7.50. The molecule has 8 nitrogen and oxygen atoms in total. The highest BCUT2D eigenvalue weighted by atomic mass is 16.5. The van der Waals surface area contributed by atoms with Gasteiger partial charge in [-0.1, -0.05) is 6.92 Å². The van der Waals surface area contributed by atoms with E-state index in [-0.39, 0.29) is 12.1 Å². The number of rotatable bonds is 7. The minimum Gasteiger partial charge on any atom is -0.497 e. The molecule has 0 radical (unpaired) electrons. The predicted octanol–water partition coefficient (Wildman–Crippen LogP) is 2.13. The third kappa shape index (κ3) is 4.12. The van der Waals surface area contributed by atoms with Gasteiger partial charge in [-0.15, -0.1) is 5.10 Å². The quantitative estimate of drug-likeness (QED) is 0.722. The van der Waals surface area contributed by atoms with Crippen molar-refractivity contribution in [2.24, 2.45) is 0 Å². The zero-order valence-electron chi connectivity index (χ0n) is 16.8. The Morgan fingerprint density at radius 2 is 1.96 bits per heavy atom. The first kappa shape index (κ1) is 19.1. The molecule has 2 aliphatic rings. The lowest BCUT2D eigenvalue weighted by molar-refractivity contribution is 0.0894. The van der Waals surface area contributed by atoms with Crippen LogP contribution in [0.5, 0.6) is 5.75 Å². The van der Waals surface area contributed by atoms with Gasteiger partial charge in [-0.05, 0) is 54.0 Å². The maximum absolute atomic E-state index is 5.77. The molecule has 1 aromatic heterocycles. The number of nitrogens with zero attached hydrogens (tertiary/aromatic N) is 6. The Kier molecular flexibility index (Phi) is 6.07. The summed E-state index contributed by atoms with van der Waals surface area (Å²) in [6, 6.07) is 8.56. The Bertz CT molecular complexity index is 735. The van der Waals surface area contributed by atoms with Crippen LogP contribution in [0.4, 0.5) is 5.69 Å². The second-order valence-corrected chi connectivity index (χ2v) is 7.50. The van der Waals surface area contributed by atoms with Gasteiger partial charge in [-0.25, -0.2) is 4.68 Å². The molecule has 2 aromatic rings. The number of benzene rings is 1. The van der Waals surface area contributed by atoms with Crippen molar-refractivity contribution in [3.63, 3.8) is 0 Å². The summed E-state index contributed by atoms with van der Waals surface area (Å²) in [6.45, 7) is 7.81. The molecule has 0 bridgehead atoms. The maximum Gasteiger partial charge on any atom is 0.168 e. The molecule has 152 valence electrons. The summed E-state index contributed by atoms with van der Waals surface area (Å²) < 4.78 is 13.0. The van der Waals surface area contributed by atoms with E-state index in [4.69, 9.17) is 9.47 Å². The SMILES string of the molecule is CC[C@@H](c1nnnn1C[C@@H]1CCCO1)N1CCN(c2ccc(OC)cc2)CC1. The van der Waals surface area contributed by atoms with Gasteiger partial charge in [0, 0.05) is 38.5 Å². The van der Waals surface area contributed by atoms with Crippen molar-refractivity contribution >= 4 is 5.69 Å². The third-order valence-electron chi connectivity index (χ3n) is 5.84. The minimum absolute atomic E-state index is 0.242. The van der Waals surface area contributed by atoms with E-state index in [0.29, 0.717) is 0 Å². The van der Waals surface area contributed by atoms with Crippen molar-refractivity contribution in [1.29, 1.82) is 0 Å². The molecule has 2 fully saturated rings. The molecule has 3 heterocycles. The molecule has 4 rings (SSSR count). The number of methoxy groups -OCH3 is 1. The second kappa shape index (κ2) is 8.87. The van der Waals surface area contributed by atoms with Gasteiger partial charge in [0.05, 0.1) is 25.8 Å². The molecule has 2 saturated heterocycles. The fraction of sp³-hybridized carbons (Fsp3) is 0.650. The molecule has 0 aliphatic carbocycles. The molecule has 0 unspecified atom stereocenters. The average molecular weight is 387 g/mol. The van der Waals surface area contributed by atoms with Crippen LogP contribution in [0.2, 0.25) is 0 Å². The number of tetrazole rings is 1. The van der Waals surface area contributed by atoms with E-state index >= 15 is 0 Å². The first-order chi connectivity index (χ1) is 13.8. The molecular formula is C20H30N6O2. The molecular weight excluding hydrogens is 356 g/mol. The summed E-state index contributed by atoms with van der Waals surface area (Å²) in [7, 11) is 1.70. The Morgan fingerprint density at radius 1 is 1.18 bits per heavy atom. The van der Waals surface area contributed by atoms with Crippen LogP contribution in [0.15, 0.2) is 24.3 Å². The van der Waals surface area contributed by atoms with E-state index in [2.05, 4.69) is 44.4 Å². The fourth-order valence-corrected chi connectivity index (χ4v) is 4.25. The molecule has 2 aliphatic heterocycles. The van der Waals surface area contributed by atoms with Crippen LogP contribution >= 0.6 is 0 Å². The molecule has 0 spiro atoms. The molecule has 28 heavy (non-hydrogen) atoms. The van der Waals surface area contributed by atoms with Crippen molar-refractivity contribution in [3.05, 3.63) is 30.1 Å². The van der Waals surface area contributed by atoms with E-state index in [1.165, 1.54) is 5.69 Å². The average Bonchev–Trinajstić information content (AvgIpc) is 3.42. The first-order valence-electron chi connectivity index (χ1n) is 10.3. The Balaban J connectivity index is 1.39. The zero-order valence-corrected chi connectivity index (χ0v) is 16.8. The van der Waals surface area contributed by atoms with E-state index in [1.54, 1.807) is 7.11 Å². The van der Waals surface area contributed by atoms with Gasteiger partial charge in [0.15, 0.2) is 5.82 Å². The summed E-state index contributed by atoms with van der Waals surface area (Å²) in [6.07, 6.45) is 3.46. The lowest BCUT2D eigenvalue weighted by Gasteiger charge is -2.39. The highest BCUT2D eigenvalue weighted by Crippen LogP contribution is 2.27. The lowest BCUT2D eigenvalue weighted by Crippen LogP contribution is -2.48. The number of ether oxygens (including phenoxy) is 2. The maximum atomic E-state index is 5.77. The lowest BCUT2D eigenvalue weighted by atomic mass is 10.1. The van der Waals surface area contributed by atoms with Crippen LogP contribution in [0.3, 0.4) is 0 Å². The van der Waals surface area contributed by atoms with Gasteiger partial charge >= 0.3 is 0 Å². The van der Waals surface area contributed by atoms with E-state index < -0.39 is 0 Å². The van der Waals surface area contributed by atoms with Crippen molar-refractivity contribution in [3.8, 4) is 5.75 Å². The summed E-state index contributed by atoms with van der Waals surface area (Å²) in [5.74, 6) is 1.86. The van der Waals surface area contributed by atoms with Crippen molar-refractivity contribution < 1.29 is 9.47 Å². The Morgan fingerprint density at radius 3 is 2.61 bits per heavy atom. The van der Waals surface area contributed by atoms with Gasteiger partial charge in [0.25, 0.3) is 0 Å². The number of aromatic nitrogens is 4. The van der Waals surface area contributed by atoms with Gasteiger partial charge in [0.2, 0.25) is 0 Å². The highest BCUT2D eigenvalue weighted by molar-refractivity contribution is 5.49. The number of anilines is 1.